The van der Waals surface area contributed by atoms with E-state index in [0.29, 0.717) is 18.4 Å². The van der Waals surface area contributed by atoms with Crippen molar-refractivity contribution in [3.8, 4) is 0 Å². The van der Waals surface area contributed by atoms with Crippen molar-refractivity contribution in [1.82, 2.24) is 4.98 Å². The zero-order valence-corrected chi connectivity index (χ0v) is 10.7. The second kappa shape index (κ2) is 4.86. The highest BCUT2D eigenvalue weighted by Crippen LogP contribution is 2.25. The lowest BCUT2D eigenvalue weighted by Gasteiger charge is -2.23. The molecular weight excluding hydrogens is 226 g/mol. The van der Waals surface area contributed by atoms with E-state index in [-0.39, 0.29) is 5.78 Å². The Morgan fingerprint density at radius 3 is 2.56 bits per heavy atom. The van der Waals surface area contributed by atoms with E-state index in [1.165, 1.54) is 0 Å². The molecule has 1 aromatic carbocycles. The van der Waals surface area contributed by atoms with Gasteiger partial charge in [-0.1, -0.05) is 38.1 Å². The molecular formula is C15H17NO2. The lowest BCUT2D eigenvalue weighted by atomic mass is 9.87. The molecule has 0 radical (unpaired) electrons. The molecule has 2 rings (SSSR count). The van der Waals surface area contributed by atoms with E-state index in [2.05, 4.69) is 4.98 Å². The van der Waals surface area contributed by atoms with Crippen LogP contribution in [-0.2, 0) is 0 Å². The third kappa shape index (κ3) is 2.02. The molecule has 0 saturated heterocycles. The number of nitrogens with zero attached hydrogens (tertiary/aromatic N) is 1. The molecule has 3 heteroatoms. The number of carbonyl (C=O) groups excluding carboxylic acids is 1. The first-order valence-corrected chi connectivity index (χ1v) is 6.22. The van der Waals surface area contributed by atoms with Crippen LogP contribution in [0.25, 0.3) is 10.8 Å². The first-order valence-electron chi connectivity index (χ1n) is 6.22. The summed E-state index contributed by atoms with van der Waals surface area (Å²) in [4.78, 5) is 16.5. The van der Waals surface area contributed by atoms with Gasteiger partial charge in [0.25, 0.3) is 0 Å². The number of pyridine rings is 1. The van der Waals surface area contributed by atoms with Crippen LogP contribution in [0.5, 0.6) is 0 Å². The predicted molar refractivity (Wildman–Crippen MR) is 71.6 cm³/mol. The first-order chi connectivity index (χ1) is 8.62. The van der Waals surface area contributed by atoms with E-state index in [0.717, 1.165) is 10.8 Å². The van der Waals surface area contributed by atoms with Gasteiger partial charge in [-0.3, -0.25) is 9.78 Å². The molecule has 0 spiro atoms. The number of Topliss-reactive ketones (excluding diaryl/α,β-unsaturated/α-hetero) is 1. The minimum atomic E-state index is -1.29. The molecule has 94 valence electrons. The SMILES string of the molecule is CCC(O)(CC)C(=O)c1cncc2ccccc12. The summed E-state index contributed by atoms with van der Waals surface area (Å²) in [6.07, 6.45) is 4.08. The zero-order chi connectivity index (χ0) is 13.2. The van der Waals surface area contributed by atoms with Gasteiger partial charge in [-0.15, -0.1) is 0 Å². The normalized spacial score (nSPS) is 11.7. The van der Waals surface area contributed by atoms with Gasteiger partial charge in [0.1, 0.15) is 5.60 Å². The number of benzene rings is 1. The Bertz CT molecular complexity index is 568. The van der Waals surface area contributed by atoms with Crippen LogP contribution < -0.4 is 0 Å². The van der Waals surface area contributed by atoms with Crippen LogP contribution in [0.15, 0.2) is 36.7 Å². The quantitative estimate of drug-likeness (QED) is 0.840. The summed E-state index contributed by atoms with van der Waals surface area (Å²) < 4.78 is 0. The molecule has 18 heavy (non-hydrogen) atoms. The fourth-order valence-corrected chi connectivity index (χ4v) is 2.12. The minimum absolute atomic E-state index is 0.239. The van der Waals surface area contributed by atoms with Crippen molar-refractivity contribution in [2.75, 3.05) is 0 Å². The van der Waals surface area contributed by atoms with Crippen LogP contribution in [0.2, 0.25) is 0 Å². The van der Waals surface area contributed by atoms with E-state index in [1.807, 2.05) is 38.1 Å². The van der Waals surface area contributed by atoms with Crippen molar-refractivity contribution in [3.63, 3.8) is 0 Å². The smallest absolute Gasteiger partial charge is 0.196 e. The van der Waals surface area contributed by atoms with Gasteiger partial charge in [-0.05, 0) is 18.2 Å². The van der Waals surface area contributed by atoms with Crippen LogP contribution in [-0.4, -0.2) is 21.5 Å². The van der Waals surface area contributed by atoms with Gasteiger partial charge in [0.15, 0.2) is 5.78 Å². The maximum absolute atomic E-state index is 12.5. The van der Waals surface area contributed by atoms with Crippen LogP contribution in [0, 0.1) is 0 Å². The molecule has 1 heterocycles. The molecule has 0 unspecified atom stereocenters. The molecule has 3 nitrogen and oxygen atoms in total. The number of aromatic nitrogens is 1. The summed E-state index contributed by atoms with van der Waals surface area (Å²) in [5.74, 6) is -0.239. The Kier molecular flexibility index (Phi) is 3.43. The summed E-state index contributed by atoms with van der Waals surface area (Å²) in [6.45, 7) is 3.64. The molecule has 1 N–H and O–H groups in total. The third-order valence-corrected chi connectivity index (χ3v) is 3.51. The van der Waals surface area contributed by atoms with Crippen LogP contribution >= 0.6 is 0 Å². The molecule has 0 aliphatic heterocycles. The molecule has 1 aromatic heterocycles. The Hall–Kier alpha value is -1.74. The van der Waals surface area contributed by atoms with Gasteiger partial charge in [0.2, 0.25) is 0 Å². The van der Waals surface area contributed by atoms with E-state index in [4.69, 9.17) is 0 Å². The lowest BCUT2D eigenvalue weighted by molar-refractivity contribution is 0.0279. The van der Waals surface area contributed by atoms with Gasteiger partial charge < -0.3 is 5.11 Å². The summed E-state index contributed by atoms with van der Waals surface area (Å²) >= 11 is 0. The van der Waals surface area contributed by atoms with Gasteiger partial charge in [-0.25, -0.2) is 0 Å². The fourth-order valence-electron chi connectivity index (χ4n) is 2.12. The van der Waals surface area contributed by atoms with Gasteiger partial charge >= 0.3 is 0 Å². The largest absolute Gasteiger partial charge is 0.382 e. The Morgan fingerprint density at radius 2 is 1.89 bits per heavy atom. The van der Waals surface area contributed by atoms with E-state index in [1.54, 1.807) is 12.4 Å². The molecule has 2 aromatic rings. The second-order valence-electron chi connectivity index (χ2n) is 4.48. The fraction of sp³-hybridized carbons (Fsp3) is 0.333. The van der Waals surface area contributed by atoms with Gasteiger partial charge in [-0.2, -0.15) is 0 Å². The van der Waals surface area contributed by atoms with E-state index < -0.39 is 5.60 Å². The average molecular weight is 243 g/mol. The Labute approximate surface area is 106 Å². The lowest BCUT2D eigenvalue weighted by Crippen LogP contribution is -2.37. The maximum atomic E-state index is 12.5. The first kappa shape index (κ1) is 12.7. The second-order valence-corrected chi connectivity index (χ2v) is 4.48. The maximum Gasteiger partial charge on any atom is 0.196 e. The minimum Gasteiger partial charge on any atom is -0.382 e. The number of hydrogen-bond donors (Lipinski definition) is 1. The zero-order valence-electron chi connectivity index (χ0n) is 10.7. The highest BCUT2D eigenvalue weighted by Gasteiger charge is 2.33. The highest BCUT2D eigenvalue weighted by atomic mass is 16.3. The summed E-state index contributed by atoms with van der Waals surface area (Å²) in [6, 6.07) is 7.59. The van der Waals surface area contributed by atoms with Crippen molar-refractivity contribution in [1.29, 1.82) is 0 Å². The average Bonchev–Trinajstić information content (AvgIpc) is 2.45. The number of aliphatic hydroxyl groups is 1. The summed E-state index contributed by atoms with van der Waals surface area (Å²) in [5.41, 5.74) is -0.787. The summed E-state index contributed by atoms with van der Waals surface area (Å²) in [7, 11) is 0. The Balaban J connectivity index is 2.58. The number of hydrogen-bond acceptors (Lipinski definition) is 3. The van der Waals surface area contributed by atoms with Crippen LogP contribution in [0.4, 0.5) is 0 Å². The van der Waals surface area contributed by atoms with Crippen LogP contribution in [0.1, 0.15) is 37.0 Å². The molecule has 0 aliphatic rings. The standard InChI is InChI=1S/C15H17NO2/c1-3-15(18,4-2)14(17)13-10-16-9-11-7-5-6-8-12(11)13/h5-10,18H,3-4H2,1-2H3. The molecule has 0 atom stereocenters. The monoisotopic (exact) mass is 243 g/mol. The molecule has 0 aliphatic carbocycles. The molecule has 0 fully saturated rings. The topological polar surface area (TPSA) is 50.2 Å². The molecule has 0 bridgehead atoms. The van der Waals surface area contributed by atoms with Crippen molar-refractivity contribution >= 4 is 16.6 Å². The molecule has 0 saturated carbocycles. The molecule has 0 amide bonds. The number of ketones is 1. The Morgan fingerprint density at radius 1 is 1.22 bits per heavy atom. The highest BCUT2D eigenvalue weighted by molar-refractivity contribution is 6.11. The van der Waals surface area contributed by atoms with E-state index >= 15 is 0 Å². The number of rotatable bonds is 4. The van der Waals surface area contributed by atoms with Crippen LogP contribution in [0.3, 0.4) is 0 Å². The number of fused-ring (bicyclic) bond motifs is 1. The number of carbonyl (C=O) groups is 1. The third-order valence-electron chi connectivity index (χ3n) is 3.51. The van der Waals surface area contributed by atoms with Gasteiger partial charge in [0.05, 0.1) is 0 Å². The van der Waals surface area contributed by atoms with Crippen molar-refractivity contribution < 1.29 is 9.90 Å². The van der Waals surface area contributed by atoms with E-state index in [9.17, 15) is 9.90 Å². The van der Waals surface area contributed by atoms with Crippen molar-refractivity contribution in [3.05, 3.63) is 42.2 Å². The predicted octanol–water partition coefficient (Wildman–Crippen LogP) is 2.97. The van der Waals surface area contributed by atoms with Crippen molar-refractivity contribution in [2.24, 2.45) is 0 Å². The van der Waals surface area contributed by atoms with Gasteiger partial charge in [0, 0.05) is 23.3 Å². The van der Waals surface area contributed by atoms with Crippen molar-refractivity contribution in [2.45, 2.75) is 32.3 Å². The summed E-state index contributed by atoms with van der Waals surface area (Å²) in [5, 5.41) is 12.1.